The van der Waals surface area contributed by atoms with E-state index in [4.69, 9.17) is 4.74 Å². The molecule has 0 unspecified atom stereocenters. The highest BCUT2D eigenvalue weighted by molar-refractivity contribution is 7.89. The molecule has 2 aliphatic rings. The minimum absolute atomic E-state index is 0.225. The smallest absolute Gasteiger partial charge is 0.243 e. The van der Waals surface area contributed by atoms with Gasteiger partial charge in [-0.3, -0.25) is 4.79 Å². The number of aryl methyl sites for hydroxylation is 1. The van der Waals surface area contributed by atoms with Crippen LogP contribution in [0.1, 0.15) is 18.4 Å². The van der Waals surface area contributed by atoms with Crippen LogP contribution in [0.5, 0.6) is 0 Å². The molecule has 0 aliphatic carbocycles. The third-order valence-corrected chi connectivity index (χ3v) is 7.57. The molecule has 2 aromatic rings. The van der Waals surface area contributed by atoms with Crippen molar-refractivity contribution >= 4 is 27.3 Å². The van der Waals surface area contributed by atoms with Gasteiger partial charge in [0, 0.05) is 31.0 Å². The lowest BCUT2D eigenvalue weighted by Gasteiger charge is -2.29. The van der Waals surface area contributed by atoms with E-state index < -0.39 is 16.1 Å². The number of hydrogen-bond donors (Lipinski definition) is 1. The van der Waals surface area contributed by atoms with Gasteiger partial charge in [0.25, 0.3) is 0 Å². The lowest BCUT2D eigenvalue weighted by atomic mass is 10.2. The van der Waals surface area contributed by atoms with Crippen molar-refractivity contribution in [2.75, 3.05) is 43.1 Å². The van der Waals surface area contributed by atoms with Crippen molar-refractivity contribution in [1.29, 1.82) is 0 Å². The summed E-state index contributed by atoms with van der Waals surface area (Å²) < 4.78 is 32.8. The van der Waals surface area contributed by atoms with Crippen molar-refractivity contribution in [3.05, 3.63) is 54.1 Å². The van der Waals surface area contributed by atoms with Crippen LogP contribution in [0.15, 0.2) is 53.4 Å². The molecule has 7 nitrogen and oxygen atoms in total. The van der Waals surface area contributed by atoms with Crippen LogP contribution in [0, 0.1) is 6.92 Å². The molecule has 2 heterocycles. The third-order valence-electron chi connectivity index (χ3n) is 5.64. The molecule has 2 aromatic carbocycles. The number of rotatable bonds is 5. The molecule has 2 fully saturated rings. The first-order valence-electron chi connectivity index (χ1n) is 10.3. The first kappa shape index (κ1) is 20.8. The van der Waals surface area contributed by atoms with Gasteiger partial charge >= 0.3 is 0 Å². The Bertz CT molecular complexity index is 984. The maximum atomic E-state index is 13.1. The maximum absolute atomic E-state index is 13.1. The molecule has 0 radical (unpaired) electrons. The van der Waals surface area contributed by atoms with Gasteiger partial charge in [-0.15, -0.1) is 0 Å². The van der Waals surface area contributed by atoms with Gasteiger partial charge in [0.15, 0.2) is 0 Å². The normalized spacial score (nSPS) is 20.3. The van der Waals surface area contributed by atoms with Gasteiger partial charge in [-0.25, -0.2) is 8.42 Å². The fourth-order valence-corrected chi connectivity index (χ4v) is 5.59. The number of carbonyl (C=O) groups is 1. The number of nitrogens with one attached hydrogen (secondary N) is 1. The summed E-state index contributed by atoms with van der Waals surface area (Å²) in [5, 5.41) is 2.89. The number of morpholine rings is 1. The summed E-state index contributed by atoms with van der Waals surface area (Å²) in [6.07, 6.45) is 1.18. The van der Waals surface area contributed by atoms with Crippen LogP contribution in [0.4, 0.5) is 11.4 Å². The van der Waals surface area contributed by atoms with E-state index in [0.29, 0.717) is 38.3 Å². The zero-order valence-corrected chi connectivity index (χ0v) is 17.9. The molecule has 0 spiro atoms. The molecule has 8 heteroatoms. The SMILES string of the molecule is Cc1ccc(S(=O)(=O)N2CCC[C@@H]2C(=O)Nc2ccc(N3CCOCC3)cc2)cc1. The predicted octanol–water partition coefficient (Wildman–Crippen LogP) is 2.62. The average Bonchev–Trinajstić information content (AvgIpc) is 3.26. The van der Waals surface area contributed by atoms with Gasteiger partial charge in [-0.2, -0.15) is 4.31 Å². The second-order valence-electron chi connectivity index (χ2n) is 7.72. The van der Waals surface area contributed by atoms with Crippen LogP contribution in [0.25, 0.3) is 0 Å². The predicted molar refractivity (Wildman–Crippen MR) is 116 cm³/mol. The number of ether oxygens (including phenoxy) is 1. The van der Waals surface area contributed by atoms with Crippen molar-refractivity contribution in [2.45, 2.75) is 30.7 Å². The molecule has 0 saturated carbocycles. The van der Waals surface area contributed by atoms with E-state index in [1.165, 1.54) is 4.31 Å². The van der Waals surface area contributed by atoms with E-state index in [0.717, 1.165) is 24.3 Å². The van der Waals surface area contributed by atoms with Gasteiger partial charge in [0.1, 0.15) is 6.04 Å². The number of anilines is 2. The van der Waals surface area contributed by atoms with Crippen LogP contribution in [0.3, 0.4) is 0 Å². The summed E-state index contributed by atoms with van der Waals surface area (Å²) >= 11 is 0. The van der Waals surface area contributed by atoms with Crippen LogP contribution >= 0.6 is 0 Å². The Morgan fingerprint density at radius 3 is 2.33 bits per heavy atom. The minimum Gasteiger partial charge on any atom is -0.378 e. The Kier molecular flexibility index (Phi) is 6.08. The highest BCUT2D eigenvalue weighted by Gasteiger charge is 2.39. The first-order chi connectivity index (χ1) is 14.4. The maximum Gasteiger partial charge on any atom is 0.243 e. The second-order valence-corrected chi connectivity index (χ2v) is 9.61. The zero-order valence-electron chi connectivity index (χ0n) is 17.1. The number of carbonyl (C=O) groups excluding carboxylic acids is 1. The molecule has 2 saturated heterocycles. The van der Waals surface area contributed by atoms with Crippen LogP contribution in [-0.2, 0) is 19.6 Å². The summed E-state index contributed by atoms with van der Waals surface area (Å²) in [5.74, 6) is -0.290. The third kappa shape index (κ3) is 4.35. The molecule has 2 aliphatic heterocycles. The van der Waals surface area contributed by atoms with Crippen molar-refractivity contribution in [3.63, 3.8) is 0 Å². The zero-order chi connectivity index (χ0) is 21.1. The molecule has 0 bridgehead atoms. The van der Waals surface area contributed by atoms with Crippen LogP contribution in [0.2, 0.25) is 0 Å². The van der Waals surface area contributed by atoms with Crippen molar-refractivity contribution < 1.29 is 17.9 Å². The number of benzene rings is 2. The lowest BCUT2D eigenvalue weighted by Crippen LogP contribution is -2.43. The fraction of sp³-hybridized carbons (Fsp3) is 0.409. The standard InChI is InChI=1S/C22H27N3O4S/c1-17-4-10-20(11-5-17)30(27,28)25-12-2-3-21(25)22(26)23-18-6-8-19(9-7-18)24-13-15-29-16-14-24/h4-11,21H,2-3,12-16H2,1H3,(H,23,26)/t21-/m1/s1. The minimum atomic E-state index is -3.71. The summed E-state index contributed by atoms with van der Waals surface area (Å²) in [6.45, 7) is 5.38. The second kappa shape index (κ2) is 8.75. The largest absolute Gasteiger partial charge is 0.378 e. The van der Waals surface area contributed by atoms with Gasteiger partial charge in [-0.05, 0) is 56.2 Å². The van der Waals surface area contributed by atoms with Crippen molar-refractivity contribution in [3.8, 4) is 0 Å². The molecule has 160 valence electrons. The number of nitrogens with zero attached hydrogens (tertiary/aromatic N) is 2. The summed E-state index contributed by atoms with van der Waals surface area (Å²) in [6, 6.07) is 13.7. The Morgan fingerprint density at radius 2 is 1.67 bits per heavy atom. The summed E-state index contributed by atoms with van der Waals surface area (Å²) in [5.41, 5.74) is 2.74. The van der Waals surface area contributed by atoms with Crippen molar-refractivity contribution in [1.82, 2.24) is 4.31 Å². The number of sulfonamides is 1. The van der Waals surface area contributed by atoms with E-state index in [9.17, 15) is 13.2 Å². The Balaban J connectivity index is 1.45. The Labute approximate surface area is 177 Å². The lowest BCUT2D eigenvalue weighted by molar-refractivity contribution is -0.119. The summed E-state index contributed by atoms with van der Waals surface area (Å²) in [4.78, 5) is 15.4. The molecule has 1 N–H and O–H groups in total. The van der Waals surface area contributed by atoms with Crippen LogP contribution in [-0.4, -0.2) is 57.5 Å². The molecule has 1 atom stereocenters. The quantitative estimate of drug-likeness (QED) is 0.791. The molecule has 30 heavy (non-hydrogen) atoms. The van der Waals surface area contributed by atoms with Gasteiger partial charge in [0.05, 0.1) is 18.1 Å². The highest BCUT2D eigenvalue weighted by atomic mass is 32.2. The monoisotopic (exact) mass is 429 g/mol. The van der Waals surface area contributed by atoms with Crippen LogP contribution < -0.4 is 10.2 Å². The van der Waals surface area contributed by atoms with Crippen molar-refractivity contribution in [2.24, 2.45) is 0 Å². The molecule has 0 aromatic heterocycles. The van der Waals surface area contributed by atoms with E-state index in [1.54, 1.807) is 24.3 Å². The van der Waals surface area contributed by atoms with Gasteiger partial charge in [-0.1, -0.05) is 17.7 Å². The van der Waals surface area contributed by atoms with E-state index >= 15 is 0 Å². The molecular formula is C22H27N3O4S. The Hall–Kier alpha value is -2.42. The van der Waals surface area contributed by atoms with E-state index in [1.807, 2.05) is 31.2 Å². The summed E-state index contributed by atoms with van der Waals surface area (Å²) in [7, 11) is -3.71. The topological polar surface area (TPSA) is 79.0 Å². The highest BCUT2D eigenvalue weighted by Crippen LogP contribution is 2.27. The van der Waals surface area contributed by atoms with E-state index in [-0.39, 0.29) is 10.8 Å². The average molecular weight is 430 g/mol. The number of amides is 1. The number of hydrogen-bond acceptors (Lipinski definition) is 5. The Morgan fingerprint density at radius 1 is 1.00 bits per heavy atom. The van der Waals surface area contributed by atoms with Gasteiger partial charge < -0.3 is 15.0 Å². The molecule has 1 amide bonds. The van der Waals surface area contributed by atoms with E-state index in [2.05, 4.69) is 10.2 Å². The molecular weight excluding hydrogens is 402 g/mol. The van der Waals surface area contributed by atoms with Gasteiger partial charge in [0.2, 0.25) is 15.9 Å². The first-order valence-corrected chi connectivity index (χ1v) is 11.7. The molecule has 4 rings (SSSR count). The fourth-order valence-electron chi connectivity index (χ4n) is 3.94.